The third-order valence-corrected chi connectivity index (χ3v) is 7.10. The molecule has 0 radical (unpaired) electrons. The highest BCUT2D eigenvalue weighted by molar-refractivity contribution is 6.11. The molecule has 0 fully saturated rings. The van der Waals surface area contributed by atoms with E-state index in [1.807, 2.05) is 18.2 Å². The molecule has 39 heavy (non-hydrogen) atoms. The molecule has 186 valence electrons. The van der Waals surface area contributed by atoms with Crippen molar-refractivity contribution >= 4 is 33.4 Å². The summed E-state index contributed by atoms with van der Waals surface area (Å²) in [7, 11) is 0. The molecule has 0 aliphatic rings. The van der Waals surface area contributed by atoms with Gasteiger partial charge in [0.15, 0.2) is 0 Å². The van der Waals surface area contributed by atoms with Crippen LogP contribution in [0.3, 0.4) is 0 Å². The molecular weight excluding hydrogens is 480 g/mol. The van der Waals surface area contributed by atoms with Crippen molar-refractivity contribution in [3.8, 4) is 22.4 Å². The second-order valence-electron chi connectivity index (χ2n) is 9.52. The van der Waals surface area contributed by atoms with Crippen molar-refractivity contribution in [2.45, 2.75) is 6.54 Å². The Labute approximate surface area is 225 Å². The van der Waals surface area contributed by atoms with Crippen molar-refractivity contribution in [1.82, 2.24) is 19.7 Å². The van der Waals surface area contributed by atoms with Gasteiger partial charge >= 0.3 is 0 Å². The van der Waals surface area contributed by atoms with Gasteiger partial charge in [-0.05, 0) is 52.4 Å². The second kappa shape index (κ2) is 9.54. The zero-order chi connectivity index (χ0) is 26.2. The number of rotatable bonds is 5. The molecule has 0 aliphatic heterocycles. The third kappa shape index (κ3) is 4.01. The first kappa shape index (κ1) is 22.9. The highest BCUT2D eigenvalue weighted by Gasteiger charge is 2.21. The highest BCUT2D eigenvalue weighted by atomic mass is 16.1. The molecule has 3 heterocycles. The molecule has 3 aromatic heterocycles. The Morgan fingerprint density at radius 1 is 0.744 bits per heavy atom. The number of amides is 1. The van der Waals surface area contributed by atoms with Gasteiger partial charge in [0.2, 0.25) is 0 Å². The molecule has 0 saturated carbocycles. The largest absolute Gasteiger partial charge is 0.348 e. The summed E-state index contributed by atoms with van der Waals surface area (Å²) in [4.78, 5) is 21.9. The summed E-state index contributed by atoms with van der Waals surface area (Å²) in [6, 6.07) is 39.2. The second-order valence-corrected chi connectivity index (χ2v) is 9.52. The average Bonchev–Trinajstić information content (AvgIpc) is 3.40. The first-order valence-electron chi connectivity index (χ1n) is 12.9. The molecule has 5 heteroatoms. The lowest BCUT2D eigenvalue weighted by molar-refractivity contribution is 0.0950. The monoisotopic (exact) mass is 504 g/mol. The first-order chi connectivity index (χ1) is 19.3. The number of aromatic nitrogens is 3. The van der Waals surface area contributed by atoms with Gasteiger partial charge in [0.1, 0.15) is 5.65 Å². The normalized spacial score (nSPS) is 11.3. The van der Waals surface area contributed by atoms with E-state index in [9.17, 15) is 4.79 Å². The van der Waals surface area contributed by atoms with Gasteiger partial charge in [0.05, 0.1) is 22.3 Å². The van der Waals surface area contributed by atoms with Crippen LogP contribution < -0.4 is 5.32 Å². The predicted molar refractivity (Wildman–Crippen MR) is 156 cm³/mol. The lowest BCUT2D eigenvalue weighted by Crippen LogP contribution is -2.22. The van der Waals surface area contributed by atoms with E-state index in [-0.39, 0.29) is 5.91 Å². The molecule has 0 aliphatic carbocycles. The SMILES string of the molecule is O=C(NCc1ccc2c(-c3ccccc3)c(-c3ccccc3)n3c4ccccc4nc3c2c1)c1cccnc1. The van der Waals surface area contributed by atoms with Crippen molar-refractivity contribution in [3.05, 3.63) is 139 Å². The average molecular weight is 505 g/mol. The number of hydrogen-bond donors (Lipinski definition) is 1. The summed E-state index contributed by atoms with van der Waals surface area (Å²) >= 11 is 0. The number of benzene rings is 4. The molecule has 7 aromatic rings. The Balaban J connectivity index is 1.49. The molecule has 0 bridgehead atoms. The van der Waals surface area contributed by atoms with E-state index in [0.717, 1.165) is 55.4 Å². The van der Waals surface area contributed by atoms with Crippen LogP contribution >= 0.6 is 0 Å². The van der Waals surface area contributed by atoms with E-state index in [4.69, 9.17) is 4.98 Å². The summed E-state index contributed by atoms with van der Waals surface area (Å²) in [5.41, 5.74) is 8.95. The highest BCUT2D eigenvalue weighted by Crippen LogP contribution is 2.41. The van der Waals surface area contributed by atoms with E-state index in [2.05, 4.69) is 99.6 Å². The molecule has 4 aromatic carbocycles. The zero-order valence-corrected chi connectivity index (χ0v) is 21.1. The van der Waals surface area contributed by atoms with Gasteiger partial charge in [-0.3, -0.25) is 14.2 Å². The van der Waals surface area contributed by atoms with Crippen LogP contribution in [-0.2, 0) is 6.54 Å². The van der Waals surface area contributed by atoms with Crippen molar-refractivity contribution in [1.29, 1.82) is 0 Å². The Morgan fingerprint density at radius 2 is 1.49 bits per heavy atom. The Bertz CT molecular complexity index is 1960. The maximum atomic E-state index is 12.7. The van der Waals surface area contributed by atoms with E-state index < -0.39 is 0 Å². The summed E-state index contributed by atoms with van der Waals surface area (Å²) in [5, 5.41) is 5.19. The number of carbonyl (C=O) groups excluding carboxylic acids is 1. The van der Waals surface area contributed by atoms with Gasteiger partial charge in [-0.25, -0.2) is 4.98 Å². The maximum Gasteiger partial charge on any atom is 0.253 e. The number of carbonyl (C=O) groups is 1. The van der Waals surface area contributed by atoms with Gasteiger partial charge in [-0.2, -0.15) is 0 Å². The third-order valence-electron chi connectivity index (χ3n) is 7.10. The van der Waals surface area contributed by atoms with Crippen LogP contribution in [0, 0.1) is 0 Å². The summed E-state index contributed by atoms with van der Waals surface area (Å²) in [5.74, 6) is -0.149. The van der Waals surface area contributed by atoms with Crippen LogP contribution in [0.5, 0.6) is 0 Å². The van der Waals surface area contributed by atoms with Crippen LogP contribution in [0.2, 0.25) is 0 Å². The summed E-state index contributed by atoms with van der Waals surface area (Å²) in [6.07, 6.45) is 3.24. The fraction of sp³-hybridized carbons (Fsp3) is 0.0294. The minimum atomic E-state index is -0.149. The number of nitrogens with zero attached hydrogens (tertiary/aromatic N) is 3. The number of para-hydroxylation sites is 2. The maximum absolute atomic E-state index is 12.7. The summed E-state index contributed by atoms with van der Waals surface area (Å²) in [6.45, 7) is 0.400. The van der Waals surface area contributed by atoms with Crippen LogP contribution in [-0.4, -0.2) is 20.3 Å². The smallest absolute Gasteiger partial charge is 0.253 e. The van der Waals surface area contributed by atoms with E-state index in [1.165, 1.54) is 0 Å². The van der Waals surface area contributed by atoms with Crippen molar-refractivity contribution in [2.75, 3.05) is 0 Å². The lowest BCUT2D eigenvalue weighted by Gasteiger charge is -2.18. The van der Waals surface area contributed by atoms with Gasteiger partial charge in [-0.1, -0.05) is 84.9 Å². The fourth-order valence-electron chi connectivity index (χ4n) is 5.32. The molecule has 1 N–H and O–H groups in total. The van der Waals surface area contributed by atoms with Crippen LogP contribution in [0.4, 0.5) is 0 Å². The molecule has 0 unspecified atom stereocenters. The summed E-state index contributed by atoms with van der Waals surface area (Å²) < 4.78 is 2.29. The zero-order valence-electron chi connectivity index (χ0n) is 21.1. The van der Waals surface area contributed by atoms with Crippen LogP contribution in [0.25, 0.3) is 49.8 Å². The predicted octanol–water partition coefficient (Wildman–Crippen LogP) is 7.30. The molecular formula is C34H24N4O. The minimum Gasteiger partial charge on any atom is -0.348 e. The number of fused-ring (bicyclic) bond motifs is 5. The van der Waals surface area contributed by atoms with Crippen molar-refractivity contribution in [2.24, 2.45) is 0 Å². The molecule has 5 nitrogen and oxygen atoms in total. The fourth-order valence-corrected chi connectivity index (χ4v) is 5.32. The molecule has 0 atom stereocenters. The Hall–Kier alpha value is -5.29. The molecule has 7 rings (SSSR count). The molecule has 0 saturated heterocycles. The van der Waals surface area contributed by atoms with E-state index in [1.54, 1.807) is 24.5 Å². The lowest BCUT2D eigenvalue weighted by atomic mass is 9.93. The molecule has 1 amide bonds. The van der Waals surface area contributed by atoms with E-state index >= 15 is 0 Å². The quantitative estimate of drug-likeness (QED) is 0.268. The van der Waals surface area contributed by atoms with Gasteiger partial charge in [0.25, 0.3) is 5.91 Å². The van der Waals surface area contributed by atoms with Gasteiger partial charge < -0.3 is 5.32 Å². The van der Waals surface area contributed by atoms with Crippen molar-refractivity contribution < 1.29 is 4.79 Å². The Morgan fingerprint density at radius 3 is 2.26 bits per heavy atom. The number of imidazole rings is 1. The first-order valence-corrected chi connectivity index (χ1v) is 12.9. The van der Waals surface area contributed by atoms with Crippen molar-refractivity contribution in [3.63, 3.8) is 0 Å². The number of hydrogen-bond acceptors (Lipinski definition) is 3. The number of nitrogens with one attached hydrogen (secondary N) is 1. The van der Waals surface area contributed by atoms with Crippen LogP contribution in [0.1, 0.15) is 15.9 Å². The number of pyridine rings is 2. The molecule has 0 spiro atoms. The van der Waals surface area contributed by atoms with E-state index in [0.29, 0.717) is 12.1 Å². The minimum absolute atomic E-state index is 0.149. The topological polar surface area (TPSA) is 59.3 Å². The van der Waals surface area contributed by atoms with Gasteiger partial charge in [0, 0.05) is 29.9 Å². The standard InChI is InChI=1S/C34H24N4O/c39-34(26-14-9-19-35-22-26)36-21-23-17-18-27-28(20-23)33-37-29-15-7-8-16-30(29)38(33)32(25-12-5-2-6-13-25)31(27)24-10-3-1-4-11-24/h1-20,22H,21H2,(H,36,39). The van der Waals surface area contributed by atoms with Gasteiger partial charge in [-0.15, -0.1) is 0 Å². The Kier molecular flexibility index (Phi) is 5.60. The van der Waals surface area contributed by atoms with Crippen LogP contribution in [0.15, 0.2) is 128 Å².